The summed E-state index contributed by atoms with van der Waals surface area (Å²) in [6.45, 7) is 2.41. The fourth-order valence-electron chi connectivity index (χ4n) is 3.75. The Hall–Kier alpha value is -2.08. The van der Waals surface area contributed by atoms with Crippen LogP contribution < -0.4 is 0 Å². The van der Waals surface area contributed by atoms with Gasteiger partial charge in [0, 0.05) is 5.41 Å². The van der Waals surface area contributed by atoms with Gasteiger partial charge in [0.2, 0.25) is 0 Å². The summed E-state index contributed by atoms with van der Waals surface area (Å²) in [7, 11) is 0. The molecule has 0 aliphatic heterocycles. The second-order valence-corrected chi connectivity index (χ2v) is 6.21. The molecule has 1 aliphatic rings. The average molecular weight is 258 g/mol. The van der Waals surface area contributed by atoms with E-state index in [1.807, 2.05) is 0 Å². The van der Waals surface area contributed by atoms with Crippen LogP contribution >= 0.6 is 0 Å². The first kappa shape index (κ1) is 11.7. The molecule has 0 radical (unpaired) electrons. The van der Waals surface area contributed by atoms with Gasteiger partial charge in [-0.15, -0.1) is 0 Å². The lowest BCUT2D eigenvalue weighted by Gasteiger charge is -2.26. The molecule has 3 aromatic carbocycles. The van der Waals surface area contributed by atoms with E-state index in [2.05, 4.69) is 73.7 Å². The SMILES string of the molecule is CC1(c2cccc3ccccc23)Cc2ccccc2C1. The van der Waals surface area contributed by atoms with Gasteiger partial charge in [-0.1, -0.05) is 73.7 Å². The molecule has 0 amide bonds. The summed E-state index contributed by atoms with van der Waals surface area (Å²) >= 11 is 0. The fourth-order valence-corrected chi connectivity index (χ4v) is 3.75. The predicted molar refractivity (Wildman–Crippen MR) is 85.2 cm³/mol. The van der Waals surface area contributed by atoms with Gasteiger partial charge in [-0.3, -0.25) is 0 Å². The Morgan fingerprint density at radius 3 is 2.05 bits per heavy atom. The van der Waals surface area contributed by atoms with Crippen LogP contribution in [0.4, 0.5) is 0 Å². The van der Waals surface area contributed by atoms with Gasteiger partial charge in [-0.2, -0.15) is 0 Å². The van der Waals surface area contributed by atoms with Crippen molar-refractivity contribution in [3.05, 3.63) is 83.4 Å². The Balaban J connectivity index is 1.89. The van der Waals surface area contributed by atoms with E-state index >= 15 is 0 Å². The number of hydrogen-bond acceptors (Lipinski definition) is 0. The highest BCUT2D eigenvalue weighted by Gasteiger charge is 2.35. The molecule has 3 aromatic rings. The molecule has 0 spiro atoms. The van der Waals surface area contributed by atoms with E-state index < -0.39 is 0 Å². The number of rotatable bonds is 1. The zero-order valence-electron chi connectivity index (χ0n) is 11.8. The van der Waals surface area contributed by atoms with Gasteiger partial charge in [0.15, 0.2) is 0 Å². The van der Waals surface area contributed by atoms with E-state index in [1.165, 1.54) is 27.5 Å². The van der Waals surface area contributed by atoms with Crippen molar-refractivity contribution in [3.8, 4) is 0 Å². The van der Waals surface area contributed by atoms with Crippen molar-refractivity contribution in [2.45, 2.75) is 25.2 Å². The van der Waals surface area contributed by atoms with E-state index in [0.717, 1.165) is 12.8 Å². The third-order valence-electron chi connectivity index (χ3n) is 4.72. The van der Waals surface area contributed by atoms with Gasteiger partial charge in [-0.05, 0) is 40.3 Å². The Kier molecular flexibility index (Phi) is 2.47. The first-order valence-electron chi connectivity index (χ1n) is 7.31. The zero-order chi connectivity index (χ0) is 13.6. The standard InChI is InChI=1S/C20H18/c1-20(13-16-8-2-3-9-17(16)14-20)19-12-6-10-15-7-4-5-11-18(15)19/h2-12H,13-14H2,1H3. The first-order chi connectivity index (χ1) is 9.76. The Labute approximate surface area is 120 Å². The highest BCUT2D eigenvalue weighted by atomic mass is 14.4. The number of benzene rings is 3. The van der Waals surface area contributed by atoms with Gasteiger partial charge >= 0.3 is 0 Å². The van der Waals surface area contributed by atoms with Gasteiger partial charge in [-0.25, -0.2) is 0 Å². The third kappa shape index (κ3) is 1.68. The first-order valence-corrected chi connectivity index (χ1v) is 7.31. The summed E-state index contributed by atoms with van der Waals surface area (Å²) in [6, 6.07) is 24.4. The fraction of sp³-hybridized carbons (Fsp3) is 0.200. The maximum atomic E-state index is 2.41. The minimum Gasteiger partial charge on any atom is -0.0620 e. The Morgan fingerprint density at radius 1 is 0.700 bits per heavy atom. The summed E-state index contributed by atoms with van der Waals surface area (Å²) < 4.78 is 0. The van der Waals surface area contributed by atoms with Gasteiger partial charge < -0.3 is 0 Å². The zero-order valence-corrected chi connectivity index (χ0v) is 11.8. The van der Waals surface area contributed by atoms with Crippen molar-refractivity contribution in [2.75, 3.05) is 0 Å². The molecule has 0 nitrogen and oxygen atoms in total. The molecular formula is C20H18. The topological polar surface area (TPSA) is 0 Å². The molecule has 98 valence electrons. The minimum atomic E-state index is 0.227. The van der Waals surface area contributed by atoms with Crippen molar-refractivity contribution in [3.63, 3.8) is 0 Å². The molecule has 20 heavy (non-hydrogen) atoms. The van der Waals surface area contributed by atoms with Crippen LogP contribution in [0.25, 0.3) is 10.8 Å². The predicted octanol–water partition coefficient (Wildman–Crippen LogP) is 4.90. The average Bonchev–Trinajstić information content (AvgIpc) is 2.84. The summed E-state index contributed by atoms with van der Waals surface area (Å²) in [5.74, 6) is 0. The van der Waals surface area contributed by atoms with Crippen LogP contribution in [0.5, 0.6) is 0 Å². The normalized spacial score (nSPS) is 16.2. The Bertz CT molecular complexity index is 752. The molecule has 0 atom stereocenters. The van der Waals surface area contributed by atoms with Crippen LogP contribution in [0.1, 0.15) is 23.6 Å². The molecule has 0 saturated heterocycles. The monoisotopic (exact) mass is 258 g/mol. The smallest absolute Gasteiger partial charge is 0.00117 e. The van der Waals surface area contributed by atoms with E-state index in [4.69, 9.17) is 0 Å². The second-order valence-electron chi connectivity index (χ2n) is 6.21. The Morgan fingerprint density at radius 2 is 1.30 bits per heavy atom. The van der Waals surface area contributed by atoms with Crippen LogP contribution in [-0.4, -0.2) is 0 Å². The largest absolute Gasteiger partial charge is 0.0620 e. The van der Waals surface area contributed by atoms with E-state index in [1.54, 1.807) is 0 Å². The molecule has 0 N–H and O–H groups in total. The van der Waals surface area contributed by atoms with Crippen molar-refractivity contribution in [1.29, 1.82) is 0 Å². The van der Waals surface area contributed by atoms with E-state index in [0.29, 0.717) is 0 Å². The van der Waals surface area contributed by atoms with E-state index in [9.17, 15) is 0 Å². The van der Waals surface area contributed by atoms with Gasteiger partial charge in [0.1, 0.15) is 0 Å². The number of fused-ring (bicyclic) bond motifs is 2. The molecule has 0 heterocycles. The van der Waals surface area contributed by atoms with Gasteiger partial charge in [0.25, 0.3) is 0 Å². The van der Waals surface area contributed by atoms with Crippen LogP contribution in [0.3, 0.4) is 0 Å². The highest BCUT2D eigenvalue weighted by molar-refractivity contribution is 5.86. The second kappa shape index (κ2) is 4.21. The van der Waals surface area contributed by atoms with Crippen LogP contribution in [-0.2, 0) is 18.3 Å². The van der Waals surface area contributed by atoms with Crippen LogP contribution in [0.15, 0.2) is 66.7 Å². The van der Waals surface area contributed by atoms with Crippen molar-refractivity contribution >= 4 is 10.8 Å². The lowest BCUT2D eigenvalue weighted by Crippen LogP contribution is -2.22. The summed E-state index contributed by atoms with van der Waals surface area (Å²) in [6.07, 6.45) is 2.30. The molecular weight excluding hydrogens is 240 g/mol. The molecule has 1 aliphatic carbocycles. The molecule has 0 aromatic heterocycles. The quantitative estimate of drug-likeness (QED) is 0.582. The maximum absolute atomic E-state index is 2.41. The van der Waals surface area contributed by atoms with Crippen LogP contribution in [0, 0.1) is 0 Å². The highest BCUT2D eigenvalue weighted by Crippen LogP contribution is 2.41. The summed E-state index contributed by atoms with van der Waals surface area (Å²) in [5.41, 5.74) is 4.75. The molecule has 0 heteroatoms. The molecule has 4 rings (SSSR count). The molecule has 0 unspecified atom stereocenters. The minimum absolute atomic E-state index is 0.227. The molecule has 0 saturated carbocycles. The van der Waals surface area contributed by atoms with E-state index in [-0.39, 0.29) is 5.41 Å². The van der Waals surface area contributed by atoms with Gasteiger partial charge in [0.05, 0.1) is 0 Å². The third-order valence-corrected chi connectivity index (χ3v) is 4.72. The maximum Gasteiger partial charge on any atom is 0.00117 e. The number of hydrogen-bond donors (Lipinski definition) is 0. The van der Waals surface area contributed by atoms with Crippen molar-refractivity contribution < 1.29 is 0 Å². The molecule has 0 fully saturated rings. The summed E-state index contributed by atoms with van der Waals surface area (Å²) in [4.78, 5) is 0. The van der Waals surface area contributed by atoms with Crippen molar-refractivity contribution in [2.24, 2.45) is 0 Å². The van der Waals surface area contributed by atoms with Crippen molar-refractivity contribution in [1.82, 2.24) is 0 Å². The molecule has 0 bridgehead atoms. The lowest BCUT2D eigenvalue weighted by atomic mass is 9.77. The van der Waals surface area contributed by atoms with Crippen LogP contribution in [0.2, 0.25) is 0 Å². The lowest BCUT2D eigenvalue weighted by molar-refractivity contribution is 0.508. The summed E-state index contributed by atoms with van der Waals surface area (Å²) in [5, 5.41) is 2.76.